The van der Waals surface area contributed by atoms with Crippen molar-refractivity contribution in [2.24, 2.45) is 11.8 Å². The summed E-state index contributed by atoms with van der Waals surface area (Å²) in [5.41, 5.74) is 0.844. The molecule has 1 aliphatic heterocycles. The molecule has 0 aliphatic carbocycles. The minimum Gasteiger partial charge on any atom is -0.445 e. The molecule has 2 rings (SSSR count). The highest BCUT2D eigenvalue weighted by Gasteiger charge is 2.32. The van der Waals surface area contributed by atoms with Crippen LogP contribution in [0.4, 0.5) is 4.79 Å². The number of Topliss-reactive ketones (excluding diaryl/α,β-unsaturated/α-hetero) is 2. The first-order valence-corrected chi connectivity index (χ1v) is 9.70. The number of ketones is 2. The van der Waals surface area contributed by atoms with Gasteiger partial charge in [-0.15, -0.1) is 0 Å². The standard InChI is InChI=1S/C21H28N2O5/c1-14(2)18(23-21(27)28-13-15-8-4-3-5-9-15)17(24)12-16-10-6-7-11-22-20(26)19(16)25/h3-5,8-9,14,16,18H,6-7,10-13H2,1-2H3,(H,22,26)(H,23,27). The molecule has 152 valence electrons. The van der Waals surface area contributed by atoms with Crippen molar-refractivity contribution in [3.63, 3.8) is 0 Å². The molecule has 2 amide bonds. The molecular formula is C21H28N2O5. The third kappa shape index (κ3) is 6.48. The van der Waals surface area contributed by atoms with Crippen molar-refractivity contribution in [2.75, 3.05) is 6.54 Å². The second-order valence-electron chi connectivity index (χ2n) is 7.41. The summed E-state index contributed by atoms with van der Waals surface area (Å²) in [5, 5.41) is 5.17. The Balaban J connectivity index is 1.93. The second kappa shape index (κ2) is 10.6. The van der Waals surface area contributed by atoms with Crippen LogP contribution in [0.2, 0.25) is 0 Å². The van der Waals surface area contributed by atoms with Gasteiger partial charge < -0.3 is 15.4 Å². The fourth-order valence-electron chi connectivity index (χ4n) is 3.20. The van der Waals surface area contributed by atoms with E-state index in [9.17, 15) is 19.2 Å². The van der Waals surface area contributed by atoms with Gasteiger partial charge in [0.2, 0.25) is 5.78 Å². The van der Waals surface area contributed by atoms with Crippen molar-refractivity contribution in [1.29, 1.82) is 0 Å². The van der Waals surface area contributed by atoms with E-state index in [4.69, 9.17) is 4.74 Å². The minimum absolute atomic E-state index is 0.0614. The molecule has 1 saturated heterocycles. The molecule has 28 heavy (non-hydrogen) atoms. The van der Waals surface area contributed by atoms with Crippen LogP contribution in [0.5, 0.6) is 0 Å². The Hall–Kier alpha value is -2.70. The smallest absolute Gasteiger partial charge is 0.408 e. The molecule has 1 aromatic rings. The molecule has 7 heteroatoms. The van der Waals surface area contributed by atoms with E-state index in [1.807, 2.05) is 44.2 Å². The zero-order chi connectivity index (χ0) is 20.5. The number of rotatable bonds is 7. The lowest BCUT2D eigenvalue weighted by atomic mass is 9.86. The van der Waals surface area contributed by atoms with E-state index < -0.39 is 29.7 Å². The third-order valence-corrected chi connectivity index (χ3v) is 4.81. The van der Waals surface area contributed by atoms with Crippen LogP contribution >= 0.6 is 0 Å². The summed E-state index contributed by atoms with van der Waals surface area (Å²) in [6.07, 6.45) is 1.30. The molecule has 2 unspecified atom stereocenters. The molecule has 0 bridgehead atoms. The quantitative estimate of drug-likeness (QED) is 0.699. The number of benzene rings is 1. The van der Waals surface area contributed by atoms with Crippen molar-refractivity contribution < 1.29 is 23.9 Å². The monoisotopic (exact) mass is 388 g/mol. The largest absolute Gasteiger partial charge is 0.445 e. The van der Waals surface area contributed by atoms with E-state index in [1.165, 1.54) is 0 Å². The van der Waals surface area contributed by atoms with E-state index in [2.05, 4.69) is 10.6 Å². The van der Waals surface area contributed by atoms with Gasteiger partial charge in [-0.2, -0.15) is 0 Å². The summed E-state index contributed by atoms with van der Waals surface area (Å²) in [6.45, 7) is 4.21. The number of ether oxygens (including phenoxy) is 1. The molecule has 7 nitrogen and oxygen atoms in total. The van der Waals surface area contributed by atoms with Crippen molar-refractivity contribution in [1.82, 2.24) is 10.6 Å². The van der Waals surface area contributed by atoms with Gasteiger partial charge >= 0.3 is 6.09 Å². The summed E-state index contributed by atoms with van der Waals surface area (Å²) in [7, 11) is 0. The van der Waals surface area contributed by atoms with E-state index >= 15 is 0 Å². The molecule has 2 N–H and O–H groups in total. The van der Waals surface area contributed by atoms with Crippen LogP contribution in [-0.4, -0.2) is 36.2 Å². The molecule has 0 saturated carbocycles. The summed E-state index contributed by atoms with van der Waals surface area (Å²) < 4.78 is 5.19. The lowest BCUT2D eigenvalue weighted by molar-refractivity contribution is -0.142. The van der Waals surface area contributed by atoms with Gasteiger partial charge in [-0.3, -0.25) is 14.4 Å². The lowest BCUT2D eigenvalue weighted by Gasteiger charge is -2.24. The van der Waals surface area contributed by atoms with Crippen LogP contribution in [0.25, 0.3) is 0 Å². The van der Waals surface area contributed by atoms with Crippen molar-refractivity contribution >= 4 is 23.6 Å². The Morgan fingerprint density at radius 2 is 1.89 bits per heavy atom. The van der Waals surface area contributed by atoms with Crippen LogP contribution in [0.3, 0.4) is 0 Å². The topological polar surface area (TPSA) is 102 Å². The number of alkyl carbamates (subject to hydrolysis) is 1. The molecule has 0 radical (unpaired) electrons. The summed E-state index contributed by atoms with van der Waals surface area (Å²) in [5.74, 6) is -2.26. The lowest BCUT2D eigenvalue weighted by Crippen LogP contribution is -2.46. The minimum atomic E-state index is -0.774. The van der Waals surface area contributed by atoms with Crippen molar-refractivity contribution in [2.45, 2.75) is 52.2 Å². The van der Waals surface area contributed by atoms with E-state index in [0.717, 1.165) is 18.4 Å². The van der Waals surface area contributed by atoms with E-state index in [1.54, 1.807) is 0 Å². The highest BCUT2D eigenvalue weighted by Crippen LogP contribution is 2.19. The van der Waals surface area contributed by atoms with Crippen molar-refractivity contribution in [3.8, 4) is 0 Å². The molecule has 2 atom stereocenters. The van der Waals surface area contributed by atoms with Crippen molar-refractivity contribution in [3.05, 3.63) is 35.9 Å². The summed E-state index contributed by atoms with van der Waals surface area (Å²) in [4.78, 5) is 48.9. The maximum absolute atomic E-state index is 12.8. The Morgan fingerprint density at radius 3 is 2.57 bits per heavy atom. The van der Waals surface area contributed by atoms with Crippen LogP contribution in [0.15, 0.2) is 30.3 Å². The Labute approximate surface area is 165 Å². The highest BCUT2D eigenvalue weighted by atomic mass is 16.5. The summed E-state index contributed by atoms with van der Waals surface area (Å²) in [6, 6.07) is 8.46. The average molecular weight is 388 g/mol. The predicted octanol–water partition coefficient (Wildman–Crippen LogP) is 2.38. The van der Waals surface area contributed by atoms with Crippen LogP contribution in [-0.2, 0) is 25.7 Å². The molecule has 1 aliphatic rings. The van der Waals surface area contributed by atoms with E-state index in [0.29, 0.717) is 13.0 Å². The van der Waals surface area contributed by atoms with Gasteiger partial charge in [-0.25, -0.2) is 4.79 Å². The molecule has 0 spiro atoms. The number of hydrogen-bond donors (Lipinski definition) is 2. The number of carbonyl (C=O) groups excluding carboxylic acids is 4. The first-order chi connectivity index (χ1) is 13.4. The number of nitrogens with one attached hydrogen (secondary N) is 2. The Bertz CT molecular complexity index is 702. The fraction of sp³-hybridized carbons (Fsp3) is 0.524. The third-order valence-electron chi connectivity index (χ3n) is 4.81. The van der Waals surface area contributed by atoms with Crippen LogP contribution in [0, 0.1) is 11.8 Å². The fourth-order valence-corrected chi connectivity index (χ4v) is 3.20. The molecule has 1 heterocycles. The average Bonchev–Trinajstić information content (AvgIpc) is 2.68. The van der Waals surface area contributed by atoms with Crippen LogP contribution in [0.1, 0.15) is 45.1 Å². The first-order valence-electron chi connectivity index (χ1n) is 9.70. The van der Waals surface area contributed by atoms with E-state index in [-0.39, 0.29) is 24.7 Å². The van der Waals surface area contributed by atoms with Gasteiger partial charge in [-0.1, -0.05) is 50.6 Å². The molecular weight excluding hydrogens is 360 g/mol. The van der Waals surface area contributed by atoms with Gasteiger partial charge in [0.25, 0.3) is 5.91 Å². The van der Waals surface area contributed by atoms with Gasteiger partial charge in [0, 0.05) is 18.9 Å². The molecule has 0 aromatic heterocycles. The zero-order valence-corrected chi connectivity index (χ0v) is 16.4. The molecule has 1 aromatic carbocycles. The zero-order valence-electron chi connectivity index (χ0n) is 16.4. The first kappa shape index (κ1) is 21.6. The van der Waals surface area contributed by atoms with Crippen LogP contribution < -0.4 is 10.6 Å². The van der Waals surface area contributed by atoms with Gasteiger partial charge in [-0.05, 0) is 24.3 Å². The van der Waals surface area contributed by atoms with Gasteiger partial charge in [0.15, 0.2) is 5.78 Å². The summed E-state index contributed by atoms with van der Waals surface area (Å²) >= 11 is 0. The number of carbonyl (C=O) groups is 4. The SMILES string of the molecule is CC(C)C(NC(=O)OCc1ccccc1)C(=O)CC1CCCCNC(=O)C1=O. The Morgan fingerprint density at radius 1 is 1.18 bits per heavy atom. The predicted molar refractivity (Wildman–Crippen MR) is 103 cm³/mol. The second-order valence-corrected chi connectivity index (χ2v) is 7.41. The normalized spacial score (nSPS) is 18.6. The van der Waals surface area contributed by atoms with Gasteiger partial charge in [0.1, 0.15) is 6.61 Å². The number of amides is 2. The Kier molecular flexibility index (Phi) is 8.17. The highest BCUT2D eigenvalue weighted by molar-refractivity contribution is 6.37. The maximum atomic E-state index is 12.8. The van der Waals surface area contributed by atoms with Gasteiger partial charge in [0.05, 0.1) is 6.04 Å². The number of hydrogen-bond acceptors (Lipinski definition) is 5. The maximum Gasteiger partial charge on any atom is 0.408 e. The molecule has 1 fully saturated rings.